The summed E-state index contributed by atoms with van der Waals surface area (Å²) in [5.74, 6) is -1.31. The molecule has 270 valence electrons. The fourth-order valence-corrected chi connectivity index (χ4v) is 5.28. The van der Waals surface area contributed by atoms with Gasteiger partial charge in [-0.15, -0.1) is 0 Å². The highest BCUT2D eigenvalue weighted by molar-refractivity contribution is 6.09. The van der Waals surface area contributed by atoms with Crippen LogP contribution in [0.4, 0.5) is 4.79 Å². The molecule has 0 aliphatic rings. The molecule has 0 aliphatic carbocycles. The average Bonchev–Trinajstić information content (AvgIpc) is 3.42. The highest BCUT2D eigenvalue weighted by Gasteiger charge is 2.19. The number of carbonyl (C=O) groups excluding carboxylic acids is 4. The van der Waals surface area contributed by atoms with Crippen LogP contribution in [0.1, 0.15) is 82.7 Å². The van der Waals surface area contributed by atoms with Crippen molar-refractivity contribution in [2.24, 2.45) is 0 Å². The Morgan fingerprint density at radius 1 is 0.725 bits per heavy atom. The van der Waals surface area contributed by atoms with E-state index in [1.807, 2.05) is 54.6 Å². The lowest BCUT2D eigenvalue weighted by Gasteiger charge is -2.18. The van der Waals surface area contributed by atoms with Crippen molar-refractivity contribution in [2.45, 2.75) is 85.5 Å². The first-order valence-electron chi connectivity index (χ1n) is 17.0. The SMILES string of the molecule is CCOC(=O)CCc1cc(/C=C/C(=O)OC(C)(C)C)cc2c1oc1c(CCNC(=O)OCc3ccccc3)cc(/C=C/C(=O)OC(C)(C)C)cc12. The van der Waals surface area contributed by atoms with Crippen molar-refractivity contribution in [3.05, 3.63) is 94.6 Å². The van der Waals surface area contributed by atoms with E-state index in [0.717, 1.165) is 27.5 Å². The zero-order valence-electron chi connectivity index (χ0n) is 30.4. The topological polar surface area (TPSA) is 130 Å². The molecule has 1 heterocycles. The molecule has 0 fully saturated rings. The predicted molar refractivity (Wildman–Crippen MR) is 197 cm³/mol. The van der Waals surface area contributed by atoms with Gasteiger partial charge in [-0.3, -0.25) is 4.79 Å². The molecule has 0 bridgehead atoms. The number of rotatable bonds is 13. The van der Waals surface area contributed by atoms with Crippen molar-refractivity contribution >= 4 is 58.1 Å². The van der Waals surface area contributed by atoms with Crippen LogP contribution in [0.15, 0.2) is 71.2 Å². The average molecular weight is 698 g/mol. The summed E-state index contributed by atoms with van der Waals surface area (Å²) >= 11 is 0. The zero-order valence-corrected chi connectivity index (χ0v) is 30.4. The maximum Gasteiger partial charge on any atom is 0.407 e. The van der Waals surface area contributed by atoms with Crippen molar-refractivity contribution in [3.8, 4) is 0 Å². The normalized spacial score (nSPS) is 12.1. The third-order valence-electron chi connectivity index (χ3n) is 7.29. The minimum absolute atomic E-state index is 0.130. The van der Waals surface area contributed by atoms with Crippen molar-refractivity contribution in [3.63, 3.8) is 0 Å². The van der Waals surface area contributed by atoms with Gasteiger partial charge in [0.25, 0.3) is 0 Å². The Hall–Kier alpha value is -5.38. The van der Waals surface area contributed by atoms with E-state index in [4.69, 9.17) is 23.4 Å². The summed E-state index contributed by atoms with van der Waals surface area (Å²) in [5, 5.41) is 4.31. The van der Waals surface area contributed by atoms with Crippen LogP contribution >= 0.6 is 0 Å². The van der Waals surface area contributed by atoms with Gasteiger partial charge in [-0.05, 0) is 126 Å². The number of nitrogens with one attached hydrogen (secondary N) is 1. The summed E-state index contributed by atoms with van der Waals surface area (Å²) in [6.45, 7) is 13.2. The molecule has 3 aromatic carbocycles. The number of benzene rings is 3. The second kappa shape index (κ2) is 17.0. The Bertz CT molecular complexity index is 1920. The van der Waals surface area contributed by atoms with Crippen LogP contribution in [0.5, 0.6) is 0 Å². The summed E-state index contributed by atoms with van der Waals surface area (Å²) in [5.41, 5.74) is 3.68. The number of carbonyl (C=O) groups is 4. The lowest BCUT2D eigenvalue weighted by Crippen LogP contribution is -2.26. The molecule has 10 nitrogen and oxygen atoms in total. The monoisotopic (exact) mass is 697 g/mol. The van der Waals surface area contributed by atoms with Crippen LogP contribution in [0.3, 0.4) is 0 Å². The van der Waals surface area contributed by atoms with Gasteiger partial charge in [0.2, 0.25) is 0 Å². The molecule has 0 spiro atoms. The number of alkyl carbamates (subject to hydrolysis) is 1. The Labute approximate surface area is 298 Å². The van der Waals surface area contributed by atoms with E-state index < -0.39 is 29.2 Å². The van der Waals surface area contributed by atoms with E-state index in [1.54, 1.807) is 60.6 Å². The standard InChI is InChI=1S/C41H47NO9/c1-8-47-34(43)19-16-30-22-28(14-17-35(44)50-40(2,3)4)24-32-33-25-29(15-18-36(45)51-41(5,6)7)23-31(38(33)49-37(30)32)20-21-42-39(46)48-26-27-12-10-9-11-13-27/h9-15,17-18,22-25H,8,16,19-21,26H2,1-7H3,(H,42,46)/b17-14+,18-15+. The summed E-state index contributed by atoms with van der Waals surface area (Å²) in [6, 6.07) is 17.0. The maximum atomic E-state index is 12.6. The van der Waals surface area contributed by atoms with E-state index in [2.05, 4.69) is 5.32 Å². The van der Waals surface area contributed by atoms with Crippen molar-refractivity contribution in [1.29, 1.82) is 0 Å². The Morgan fingerprint density at radius 3 is 1.76 bits per heavy atom. The molecular weight excluding hydrogens is 650 g/mol. The van der Waals surface area contributed by atoms with E-state index in [-0.39, 0.29) is 32.1 Å². The number of amides is 1. The van der Waals surface area contributed by atoms with Gasteiger partial charge < -0.3 is 28.7 Å². The predicted octanol–water partition coefficient (Wildman–Crippen LogP) is 8.26. The molecule has 4 aromatic rings. The van der Waals surface area contributed by atoms with E-state index >= 15 is 0 Å². The third-order valence-corrected chi connectivity index (χ3v) is 7.29. The summed E-state index contributed by atoms with van der Waals surface area (Å²) < 4.78 is 28.0. The molecule has 1 N–H and O–H groups in total. The third kappa shape index (κ3) is 12.2. The summed E-state index contributed by atoms with van der Waals surface area (Å²) in [7, 11) is 0. The van der Waals surface area contributed by atoms with E-state index in [0.29, 0.717) is 35.1 Å². The molecule has 0 saturated heterocycles. The number of fused-ring (bicyclic) bond motifs is 3. The Kier molecular flexibility index (Phi) is 12.8. The van der Waals surface area contributed by atoms with Gasteiger partial charge in [-0.2, -0.15) is 0 Å². The van der Waals surface area contributed by atoms with Crippen LogP contribution in [-0.4, -0.2) is 48.4 Å². The van der Waals surface area contributed by atoms with Crippen LogP contribution < -0.4 is 5.32 Å². The van der Waals surface area contributed by atoms with Crippen LogP contribution in [0.2, 0.25) is 0 Å². The van der Waals surface area contributed by atoms with Crippen molar-refractivity contribution in [2.75, 3.05) is 13.2 Å². The Morgan fingerprint density at radius 2 is 1.25 bits per heavy atom. The molecule has 0 saturated carbocycles. The summed E-state index contributed by atoms with van der Waals surface area (Å²) in [6.07, 6.45) is 6.37. The van der Waals surface area contributed by atoms with Crippen molar-refractivity contribution < 1.29 is 42.5 Å². The Balaban J connectivity index is 1.73. The van der Waals surface area contributed by atoms with Crippen LogP contribution in [0.25, 0.3) is 34.1 Å². The molecular formula is C41H47NO9. The molecule has 1 aromatic heterocycles. The number of hydrogen-bond donors (Lipinski definition) is 1. The van der Waals surface area contributed by atoms with E-state index in [1.165, 1.54) is 12.2 Å². The molecule has 1 amide bonds. The molecule has 0 unspecified atom stereocenters. The van der Waals surface area contributed by atoms with Gasteiger partial charge in [-0.1, -0.05) is 30.3 Å². The summed E-state index contributed by atoms with van der Waals surface area (Å²) in [4.78, 5) is 49.9. The fraction of sp³-hybridized carbons (Fsp3) is 0.366. The largest absolute Gasteiger partial charge is 0.466 e. The lowest BCUT2D eigenvalue weighted by molar-refractivity contribution is -0.149. The molecule has 0 aliphatic heterocycles. The molecule has 0 atom stereocenters. The first-order chi connectivity index (χ1) is 24.1. The zero-order chi connectivity index (χ0) is 37.2. The second-order valence-electron chi connectivity index (χ2n) is 14.0. The smallest absolute Gasteiger partial charge is 0.407 e. The van der Waals surface area contributed by atoms with Gasteiger partial charge in [0.1, 0.15) is 29.0 Å². The second-order valence-corrected chi connectivity index (χ2v) is 14.0. The maximum absolute atomic E-state index is 12.6. The highest BCUT2D eigenvalue weighted by atomic mass is 16.6. The fourth-order valence-electron chi connectivity index (χ4n) is 5.28. The van der Waals surface area contributed by atoms with Crippen LogP contribution in [-0.2, 0) is 52.8 Å². The number of esters is 3. The number of aryl methyl sites for hydroxylation is 1. The quantitative estimate of drug-likeness (QED) is 0.0834. The van der Waals surface area contributed by atoms with Crippen LogP contribution in [0, 0.1) is 0 Å². The van der Waals surface area contributed by atoms with E-state index in [9.17, 15) is 19.2 Å². The van der Waals surface area contributed by atoms with Gasteiger partial charge in [0.15, 0.2) is 0 Å². The number of hydrogen-bond acceptors (Lipinski definition) is 9. The molecule has 0 radical (unpaired) electrons. The van der Waals surface area contributed by atoms with Gasteiger partial charge in [0, 0.05) is 35.9 Å². The van der Waals surface area contributed by atoms with Gasteiger partial charge in [0.05, 0.1) is 6.61 Å². The molecule has 51 heavy (non-hydrogen) atoms. The van der Waals surface area contributed by atoms with Crippen molar-refractivity contribution in [1.82, 2.24) is 5.32 Å². The first kappa shape index (κ1) is 38.4. The number of furan rings is 1. The van der Waals surface area contributed by atoms with Gasteiger partial charge >= 0.3 is 24.0 Å². The highest BCUT2D eigenvalue weighted by Crippen LogP contribution is 2.36. The first-order valence-corrected chi connectivity index (χ1v) is 17.0. The molecule has 10 heteroatoms. The minimum atomic E-state index is -0.652. The molecule has 4 rings (SSSR count). The van der Waals surface area contributed by atoms with Gasteiger partial charge in [-0.25, -0.2) is 14.4 Å². The minimum Gasteiger partial charge on any atom is -0.466 e. The lowest BCUT2D eigenvalue weighted by atomic mass is 9.98. The number of ether oxygens (including phenoxy) is 4.